The van der Waals surface area contributed by atoms with Gasteiger partial charge < -0.3 is 14.8 Å². The van der Waals surface area contributed by atoms with E-state index in [1.165, 1.54) is 4.90 Å². The number of nitrogens with zero attached hydrogens (tertiary/aromatic N) is 2. The first-order valence-electron chi connectivity index (χ1n) is 6.40. The van der Waals surface area contributed by atoms with Crippen LogP contribution in [0.3, 0.4) is 0 Å². The van der Waals surface area contributed by atoms with Crippen molar-refractivity contribution in [2.75, 3.05) is 0 Å². The molecule has 2 N–H and O–H groups in total. The molecule has 3 rings (SSSR count). The number of rotatable bonds is 3. The molecule has 0 fully saturated rings. The summed E-state index contributed by atoms with van der Waals surface area (Å²) in [6.07, 6.45) is -0.442. The van der Waals surface area contributed by atoms with E-state index in [1.807, 2.05) is 30.3 Å². The highest BCUT2D eigenvalue weighted by molar-refractivity contribution is 5.83. The second-order valence-corrected chi connectivity index (χ2v) is 4.71. The van der Waals surface area contributed by atoms with Crippen molar-refractivity contribution in [2.24, 2.45) is 0 Å². The van der Waals surface area contributed by atoms with Crippen molar-refractivity contribution in [1.82, 2.24) is 14.9 Å². The molecular formula is C14H13N3O4. The third-order valence-electron chi connectivity index (χ3n) is 3.22. The molecule has 1 aliphatic rings. The molecule has 7 heteroatoms. The first-order valence-corrected chi connectivity index (χ1v) is 6.40. The van der Waals surface area contributed by atoms with Crippen molar-refractivity contribution in [3.05, 3.63) is 53.1 Å². The molecule has 21 heavy (non-hydrogen) atoms. The summed E-state index contributed by atoms with van der Waals surface area (Å²) in [5.74, 6) is -1.21. The lowest BCUT2D eigenvalue weighted by Crippen LogP contribution is -2.26. The maximum Gasteiger partial charge on any atom is 0.410 e. The first kappa shape index (κ1) is 13.2. The Hall–Kier alpha value is -2.83. The molecule has 0 aliphatic carbocycles. The van der Waals surface area contributed by atoms with Crippen molar-refractivity contribution in [1.29, 1.82) is 0 Å². The average Bonchev–Trinajstić information content (AvgIpc) is 3.04. The topological polar surface area (TPSA) is 95.5 Å². The quantitative estimate of drug-likeness (QED) is 0.896. The Balaban J connectivity index is 1.58. The summed E-state index contributed by atoms with van der Waals surface area (Å²) in [7, 11) is 0. The van der Waals surface area contributed by atoms with Gasteiger partial charge in [0.2, 0.25) is 5.82 Å². The van der Waals surface area contributed by atoms with Crippen LogP contribution < -0.4 is 0 Å². The molecule has 1 aromatic heterocycles. The van der Waals surface area contributed by atoms with Crippen LogP contribution in [0.25, 0.3) is 0 Å². The molecule has 108 valence electrons. The Kier molecular flexibility index (Phi) is 3.31. The lowest BCUT2D eigenvalue weighted by atomic mass is 10.2. The molecule has 2 aromatic rings. The van der Waals surface area contributed by atoms with Gasteiger partial charge in [-0.05, 0) is 5.56 Å². The van der Waals surface area contributed by atoms with Crippen molar-refractivity contribution in [3.8, 4) is 0 Å². The molecule has 0 atom stereocenters. The average molecular weight is 287 g/mol. The minimum atomic E-state index is -1.11. The lowest BCUT2D eigenvalue weighted by Gasteiger charge is -2.15. The van der Waals surface area contributed by atoms with E-state index in [9.17, 15) is 9.59 Å². The van der Waals surface area contributed by atoms with Crippen molar-refractivity contribution < 1.29 is 19.4 Å². The Labute approximate surface area is 120 Å². The van der Waals surface area contributed by atoms with Crippen molar-refractivity contribution in [3.63, 3.8) is 0 Å². The number of ether oxygens (including phenoxy) is 1. The van der Waals surface area contributed by atoms with Gasteiger partial charge in [-0.15, -0.1) is 0 Å². The number of aromatic carboxylic acids is 1. The maximum atomic E-state index is 11.9. The summed E-state index contributed by atoms with van der Waals surface area (Å²) in [6.45, 7) is 0.744. The number of aromatic nitrogens is 2. The number of hydrogen-bond donors (Lipinski definition) is 2. The van der Waals surface area contributed by atoms with Crippen LogP contribution in [0.5, 0.6) is 0 Å². The Morgan fingerprint density at radius 2 is 2.05 bits per heavy atom. The van der Waals surface area contributed by atoms with Crippen LogP contribution in [-0.4, -0.2) is 32.0 Å². The monoisotopic (exact) mass is 287 g/mol. The number of H-pyrrole nitrogens is 1. The van der Waals surface area contributed by atoms with Gasteiger partial charge >= 0.3 is 12.1 Å². The Morgan fingerprint density at radius 1 is 1.29 bits per heavy atom. The van der Waals surface area contributed by atoms with E-state index in [-0.39, 0.29) is 25.5 Å². The minimum Gasteiger partial charge on any atom is -0.475 e. The van der Waals surface area contributed by atoms with Crippen molar-refractivity contribution >= 4 is 12.1 Å². The van der Waals surface area contributed by atoms with Gasteiger partial charge in [-0.2, -0.15) is 0 Å². The zero-order valence-corrected chi connectivity index (χ0v) is 11.1. The fourth-order valence-electron chi connectivity index (χ4n) is 2.18. The van der Waals surface area contributed by atoms with Gasteiger partial charge in [0.1, 0.15) is 6.61 Å². The van der Waals surface area contributed by atoms with Crippen LogP contribution >= 0.6 is 0 Å². The van der Waals surface area contributed by atoms with Crippen molar-refractivity contribution in [2.45, 2.75) is 19.7 Å². The number of aromatic amines is 1. The summed E-state index contributed by atoms with van der Waals surface area (Å²) in [5.41, 5.74) is 2.13. The van der Waals surface area contributed by atoms with E-state index < -0.39 is 12.1 Å². The molecule has 0 bridgehead atoms. The Bertz CT molecular complexity index is 657. The molecule has 1 aliphatic heterocycles. The molecule has 0 radical (unpaired) electrons. The van der Waals surface area contributed by atoms with Gasteiger partial charge in [-0.1, -0.05) is 30.3 Å². The molecule has 0 spiro atoms. The zero-order chi connectivity index (χ0) is 14.8. The fraction of sp³-hybridized carbons (Fsp3) is 0.214. The summed E-state index contributed by atoms with van der Waals surface area (Å²) in [6, 6.07) is 9.40. The second kappa shape index (κ2) is 5.28. The highest BCUT2D eigenvalue weighted by atomic mass is 16.6. The SMILES string of the molecule is O=C(O)c1nc2c([nH]1)CN(C(=O)OCc1ccccc1)C2. The van der Waals surface area contributed by atoms with E-state index >= 15 is 0 Å². The predicted octanol–water partition coefficient (Wildman–Crippen LogP) is 1.76. The number of benzene rings is 1. The maximum absolute atomic E-state index is 11.9. The molecule has 0 unspecified atom stereocenters. The number of carbonyl (C=O) groups is 2. The third kappa shape index (κ3) is 2.71. The molecule has 7 nitrogen and oxygen atoms in total. The van der Waals surface area contributed by atoms with E-state index in [0.717, 1.165) is 5.56 Å². The van der Waals surface area contributed by atoms with Crippen LogP contribution in [0, 0.1) is 0 Å². The summed E-state index contributed by atoms with van der Waals surface area (Å²) in [4.78, 5) is 30.8. The number of carbonyl (C=O) groups excluding carboxylic acids is 1. The standard InChI is InChI=1S/C14H13N3O4/c18-13(19)12-15-10-6-17(7-11(10)16-12)14(20)21-8-9-4-2-1-3-5-9/h1-5H,6-8H2,(H,15,16)(H,18,19). The normalized spacial score (nSPS) is 13.0. The minimum absolute atomic E-state index is 0.0997. The zero-order valence-electron chi connectivity index (χ0n) is 11.1. The summed E-state index contributed by atoms with van der Waals surface area (Å²) in [5, 5.41) is 8.83. The molecule has 0 saturated carbocycles. The van der Waals surface area contributed by atoms with E-state index in [1.54, 1.807) is 0 Å². The van der Waals surface area contributed by atoms with Crippen LogP contribution in [0.2, 0.25) is 0 Å². The molecule has 1 amide bonds. The molecular weight excluding hydrogens is 274 g/mol. The smallest absolute Gasteiger partial charge is 0.410 e. The van der Waals surface area contributed by atoms with Gasteiger partial charge in [0.05, 0.1) is 24.5 Å². The number of fused-ring (bicyclic) bond motifs is 1. The number of imidazole rings is 1. The molecule has 0 saturated heterocycles. The van der Waals surface area contributed by atoms with Crippen LogP contribution in [0.15, 0.2) is 30.3 Å². The van der Waals surface area contributed by atoms with Crippen LogP contribution in [0.1, 0.15) is 27.6 Å². The number of carboxylic acid groups (broad SMARTS) is 1. The number of nitrogens with one attached hydrogen (secondary N) is 1. The second-order valence-electron chi connectivity index (χ2n) is 4.71. The number of hydrogen-bond acceptors (Lipinski definition) is 4. The number of amides is 1. The van der Waals surface area contributed by atoms with Crippen LogP contribution in [0.4, 0.5) is 4.79 Å². The Morgan fingerprint density at radius 3 is 2.71 bits per heavy atom. The fourth-order valence-corrected chi connectivity index (χ4v) is 2.18. The van der Waals surface area contributed by atoms with Gasteiger partial charge in [-0.25, -0.2) is 14.6 Å². The molecule has 2 heterocycles. The summed E-state index contributed by atoms with van der Waals surface area (Å²) >= 11 is 0. The van der Waals surface area contributed by atoms with E-state index in [2.05, 4.69) is 9.97 Å². The van der Waals surface area contributed by atoms with Gasteiger partial charge in [0.25, 0.3) is 0 Å². The summed E-state index contributed by atoms with van der Waals surface area (Å²) < 4.78 is 5.22. The van der Waals surface area contributed by atoms with E-state index in [4.69, 9.17) is 9.84 Å². The lowest BCUT2D eigenvalue weighted by molar-refractivity contribution is 0.0683. The number of carboxylic acids is 1. The van der Waals surface area contributed by atoms with Gasteiger partial charge in [-0.3, -0.25) is 4.90 Å². The first-order chi connectivity index (χ1) is 10.1. The largest absolute Gasteiger partial charge is 0.475 e. The molecule has 1 aromatic carbocycles. The van der Waals surface area contributed by atoms with Crippen LogP contribution in [-0.2, 0) is 24.4 Å². The van der Waals surface area contributed by atoms with Gasteiger partial charge in [0, 0.05) is 0 Å². The van der Waals surface area contributed by atoms with Gasteiger partial charge in [0.15, 0.2) is 0 Å². The van der Waals surface area contributed by atoms with E-state index in [0.29, 0.717) is 11.4 Å². The highest BCUT2D eigenvalue weighted by Crippen LogP contribution is 2.21. The highest BCUT2D eigenvalue weighted by Gasteiger charge is 2.29. The third-order valence-corrected chi connectivity index (χ3v) is 3.22. The predicted molar refractivity (Wildman–Crippen MR) is 71.4 cm³/mol.